The number of aromatic nitrogens is 1. The second kappa shape index (κ2) is 9.40. The number of amides is 1. The molecule has 1 aromatic heterocycles. The van der Waals surface area contributed by atoms with E-state index in [1.807, 2.05) is 24.3 Å². The van der Waals surface area contributed by atoms with Gasteiger partial charge >= 0.3 is 0 Å². The lowest BCUT2D eigenvalue weighted by atomic mass is 9.90. The molecule has 0 saturated heterocycles. The highest BCUT2D eigenvalue weighted by molar-refractivity contribution is 8.93. The molecule has 0 aliphatic rings. The van der Waals surface area contributed by atoms with Crippen LogP contribution in [0.3, 0.4) is 0 Å². The van der Waals surface area contributed by atoms with Gasteiger partial charge in [-0.15, -0.1) is 28.3 Å². The summed E-state index contributed by atoms with van der Waals surface area (Å²) in [6.45, 7) is 6.37. The number of nitrogens with one attached hydrogen (secondary N) is 1. The van der Waals surface area contributed by atoms with Gasteiger partial charge in [-0.1, -0.05) is 56.1 Å². The number of anilines is 1. The SMILES string of the molecule is Br.CC(C)(C)c1nc(NC(=O)c2ccc(Cl)cc2)sc1Cc1ccc(Cl)cc1. The summed E-state index contributed by atoms with van der Waals surface area (Å²) in [5.74, 6) is -0.195. The number of rotatable bonds is 4. The number of carbonyl (C=O) groups excluding carboxylic acids is 1. The maximum Gasteiger partial charge on any atom is 0.257 e. The van der Waals surface area contributed by atoms with Gasteiger partial charge in [-0.25, -0.2) is 4.98 Å². The first-order chi connectivity index (χ1) is 12.7. The van der Waals surface area contributed by atoms with E-state index in [0.717, 1.165) is 27.6 Å². The van der Waals surface area contributed by atoms with E-state index >= 15 is 0 Å². The number of benzene rings is 2. The number of halogens is 3. The Morgan fingerprint density at radius 2 is 1.54 bits per heavy atom. The van der Waals surface area contributed by atoms with E-state index in [0.29, 0.717) is 15.7 Å². The second-order valence-electron chi connectivity index (χ2n) is 7.31. The maximum atomic E-state index is 12.5. The Morgan fingerprint density at radius 3 is 2.07 bits per heavy atom. The van der Waals surface area contributed by atoms with Gasteiger partial charge in [-0.05, 0) is 42.0 Å². The highest BCUT2D eigenvalue weighted by Gasteiger charge is 2.24. The van der Waals surface area contributed by atoms with Crippen molar-refractivity contribution in [2.45, 2.75) is 32.6 Å². The first-order valence-corrected chi connectivity index (χ1v) is 10.1. The molecule has 0 fully saturated rings. The third kappa shape index (κ3) is 5.80. The van der Waals surface area contributed by atoms with Crippen LogP contribution in [0.2, 0.25) is 10.0 Å². The van der Waals surface area contributed by atoms with Crippen LogP contribution in [0.5, 0.6) is 0 Å². The van der Waals surface area contributed by atoms with Gasteiger partial charge in [0.25, 0.3) is 5.91 Å². The van der Waals surface area contributed by atoms with Crippen molar-refractivity contribution >= 4 is 62.6 Å². The topological polar surface area (TPSA) is 42.0 Å². The summed E-state index contributed by atoms with van der Waals surface area (Å²) in [4.78, 5) is 18.3. The van der Waals surface area contributed by atoms with Crippen molar-refractivity contribution < 1.29 is 4.79 Å². The molecule has 3 rings (SSSR count). The van der Waals surface area contributed by atoms with Crippen molar-refractivity contribution in [3.63, 3.8) is 0 Å². The first kappa shape index (κ1) is 22.9. The Labute approximate surface area is 189 Å². The minimum Gasteiger partial charge on any atom is -0.298 e. The first-order valence-electron chi connectivity index (χ1n) is 8.54. The van der Waals surface area contributed by atoms with Crippen molar-refractivity contribution in [1.29, 1.82) is 0 Å². The molecule has 1 heterocycles. The van der Waals surface area contributed by atoms with Crippen LogP contribution in [0.15, 0.2) is 48.5 Å². The normalized spacial score (nSPS) is 11.0. The van der Waals surface area contributed by atoms with Crippen molar-refractivity contribution in [2.75, 3.05) is 5.32 Å². The molecule has 7 heteroatoms. The molecular weight excluding hydrogens is 479 g/mol. The quantitative estimate of drug-likeness (QED) is 0.413. The van der Waals surface area contributed by atoms with E-state index in [2.05, 4.69) is 26.1 Å². The Hall–Kier alpha value is -1.40. The van der Waals surface area contributed by atoms with Crippen LogP contribution in [-0.4, -0.2) is 10.9 Å². The van der Waals surface area contributed by atoms with E-state index in [-0.39, 0.29) is 28.3 Å². The third-order valence-corrected chi connectivity index (χ3v) is 5.49. The number of thiazole rings is 1. The Morgan fingerprint density at radius 1 is 1.00 bits per heavy atom. The van der Waals surface area contributed by atoms with Gasteiger partial charge in [-0.2, -0.15) is 0 Å². The molecule has 3 aromatic rings. The number of carbonyl (C=O) groups is 1. The average molecular weight is 500 g/mol. The molecule has 0 aliphatic heterocycles. The van der Waals surface area contributed by atoms with Crippen LogP contribution in [-0.2, 0) is 11.8 Å². The highest BCUT2D eigenvalue weighted by atomic mass is 79.9. The lowest BCUT2D eigenvalue weighted by Gasteiger charge is -2.17. The van der Waals surface area contributed by atoms with Gasteiger partial charge in [0.1, 0.15) is 0 Å². The minimum absolute atomic E-state index is 0. The van der Waals surface area contributed by atoms with E-state index in [1.54, 1.807) is 24.3 Å². The number of nitrogens with zero attached hydrogens (tertiary/aromatic N) is 1. The lowest BCUT2D eigenvalue weighted by molar-refractivity contribution is 0.102. The molecule has 1 amide bonds. The zero-order chi connectivity index (χ0) is 19.6. The van der Waals surface area contributed by atoms with Crippen LogP contribution in [0, 0.1) is 0 Å². The summed E-state index contributed by atoms with van der Waals surface area (Å²) in [5.41, 5.74) is 2.57. The highest BCUT2D eigenvalue weighted by Crippen LogP contribution is 2.34. The maximum absolute atomic E-state index is 12.5. The molecule has 2 aromatic carbocycles. The number of hydrogen-bond acceptors (Lipinski definition) is 3. The van der Waals surface area contributed by atoms with Crippen molar-refractivity contribution in [1.82, 2.24) is 4.98 Å². The van der Waals surface area contributed by atoms with Crippen LogP contribution >= 0.6 is 51.5 Å². The Kier molecular flexibility index (Phi) is 7.68. The predicted molar refractivity (Wildman–Crippen MR) is 125 cm³/mol. The van der Waals surface area contributed by atoms with Gasteiger partial charge in [0.2, 0.25) is 0 Å². The van der Waals surface area contributed by atoms with Gasteiger partial charge in [0.05, 0.1) is 5.69 Å². The standard InChI is InChI=1S/C21H20Cl2N2OS.BrH/c1-21(2,3)18-17(12-13-4-8-15(22)9-5-13)27-20(24-18)25-19(26)14-6-10-16(23)11-7-14;/h4-11H,12H2,1-3H3,(H,24,25,26);1H. The zero-order valence-electron chi connectivity index (χ0n) is 15.8. The van der Waals surface area contributed by atoms with E-state index in [9.17, 15) is 4.79 Å². The molecule has 0 radical (unpaired) electrons. The van der Waals surface area contributed by atoms with Crippen LogP contribution < -0.4 is 5.32 Å². The molecule has 0 spiro atoms. The zero-order valence-corrected chi connectivity index (χ0v) is 19.8. The van der Waals surface area contributed by atoms with Gasteiger partial charge in [0.15, 0.2) is 5.13 Å². The van der Waals surface area contributed by atoms with Gasteiger partial charge < -0.3 is 0 Å². The predicted octanol–water partition coefficient (Wildman–Crippen LogP) is 7.17. The molecule has 0 atom stereocenters. The molecule has 148 valence electrons. The average Bonchev–Trinajstić information content (AvgIpc) is 3.00. The fourth-order valence-electron chi connectivity index (χ4n) is 2.67. The van der Waals surface area contributed by atoms with Crippen molar-refractivity contribution in [3.05, 3.63) is 80.3 Å². The van der Waals surface area contributed by atoms with Gasteiger partial charge in [0, 0.05) is 32.3 Å². The van der Waals surface area contributed by atoms with Gasteiger partial charge in [-0.3, -0.25) is 10.1 Å². The smallest absolute Gasteiger partial charge is 0.257 e. The molecule has 0 unspecified atom stereocenters. The lowest BCUT2D eigenvalue weighted by Crippen LogP contribution is -2.15. The molecule has 3 nitrogen and oxygen atoms in total. The summed E-state index contributed by atoms with van der Waals surface area (Å²) >= 11 is 13.4. The third-order valence-electron chi connectivity index (χ3n) is 4.01. The van der Waals surface area contributed by atoms with Crippen molar-refractivity contribution in [2.24, 2.45) is 0 Å². The minimum atomic E-state index is -0.195. The number of hydrogen-bond donors (Lipinski definition) is 1. The van der Waals surface area contributed by atoms with Crippen LogP contribution in [0.1, 0.15) is 47.3 Å². The summed E-state index contributed by atoms with van der Waals surface area (Å²) in [6.07, 6.45) is 0.748. The van der Waals surface area contributed by atoms with Crippen molar-refractivity contribution in [3.8, 4) is 0 Å². The largest absolute Gasteiger partial charge is 0.298 e. The van der Waals surface area contributed by atoms with Crippen LogP contribution in [0.25, 0.3) is 0 Å². The molecule has 28 heavy (non-hydrogen) atoms. The van der Waals surface area contributed by atoms with E-state index < -0.39 is 0 Å². The summed E-state index contributed by atoms with van der Waals surface area (Å²) in [6, 6.07) is 14.6. The molecule has 0 saturated carbocycles. The Bertz CT molecular complexity index is 948. The summed E-state index contributed by atoms with van der Waals surface area (Å²) in [5, 5.41) is 4.83. The monoisotopic (exact) mass is 498 g/mol. The molecular formula is C21H21BrCl2N2OS. The summed E-state index contributed by atoms with van der Waals surface area (Å²) < 4.78 is 0. The van der Waals surface area contributed by atoms with E-state index in [1.165, 1.54) is 11.3 Å². The van der Waals surface area contributed by atoms with E-state index in [4.69, 9.17) is 28.2 Å². The summed E-state index contributed by atoms with van der Waals surface area (Å²) in [7, 11) is 0. The second-order valence-corrected chi connectivity index (χ2v) is 9.26. The Balaban J connectivity index is 0.00000280. The molecule has 0 aliphatic carbocycles. The molecule has 0 bridgehead atoms. The fraction of sp³-hybridized carbons (Fsp3) is 0.238. The molecule has 1 N–H and O–H groups in total. The fourth-order valence-corrected chi connectivity index (χ4v) is 4.12. The van der Waals surface area contributed by atoms with Crippen LogP contribution in [0.4, 0.5) is 5.13 Å².